The number of aromatic nitrogens is 3. The Labute approximate surface area is 175 Å². The molecule has 0 aliphatic carbocycles. The summed E-state index contributed by atoms with van der Waals surface area (Å²) >= 11 is 0. The Bertz CT molecular complexity index is 1160. The number of fused-ring (bicyclic) bond motifs is 1. The van der Waals surface area contributed by atoms with E-state index in [0.29, 0.717) is 17.2 Å². The topological polar surface area (TPSA) is 107 Å². The van der Waals surface area contributed by atoms with Crippen LogP contribution in [-0.4, -0.2) is 33.6 Å². The van der Waals surface area contributed by atoms with Crippen molar-refractivity contribution in [2.24, 2.45) is 0 Å². The van der Waals surface area contributed by atoms with Crippen LogP contribution in [0.5, 0.6) is 11.5 Å². The molecule has 1 aliphatic rings. The summed E-state index contributed by atoms with van der Waals surface area (Å²) in [6.45, 7) is 1.86. The van der Waals surface area contributed by atoms with Gasteiger partial charge in [-0.25, -0.2) is 13.5 Å². The molecule has 3 aromatic rings. The van der Waals surface area contributed by atoms with E-state index in [-0.39, 0.29) is 37.2 Å². The van der Waals surface area contributed by atoms with Crippen molar-refractivity contribution >= 4 is 17.5 Å². The van der Waals surface area contributed by atoms with Gasteiger partial charge in [0.2, 0.25) is 12.7 Å². The van der Waals surface area contributed by atoms with Gasteiger partial charge >= 0.3 is 0 Å². The van der Waals surface area contributed by atoms with E-state index in [1.807, 2.05) is 6.07 Å². The van der Waals surface area contributed by atoms with Crippen molar-refractivity contribution in [1.82, 2.24) is 20.3 Å². The normalized spacial score (nSPS) is 12.0. The summed E-state index contributed by atoms with van der Waals surface area (Å²) in [5.41, 5.74) is 1.21. The molecular weight excluding hydrogens is 412 g/mol. The molecule has 4 rings (SSSR count). The number of halogens is 2. The molecule has 31 heavy (non-hydrogen) atoms. The minimum Gasteiger partial charge on any atom is -0.454 e. The summed E-state index contributed by atoms with van der Waals surface area (Å²) in [7, 11) is 0. The summed E-state index contributed by atoms with van der Waals surface area (Å²) in [6, 6.07) is 8.35. The quantitative estimate of drug-likeness (QED) is 0.622. The van der Waals surface area contributed by atoms with E-state index < -0.39 is 17.5 Å². The van der Waals surface area contributed by atoms with Crippen LogP contribution in [0.3, 0.4) is 0 Å². The van der Waals surface area contributed by atoms with E-state index in [2.05, 4.69) is 20.9 Å². The number of nitrogens with zero attached hydrogens (tertiary/aromatic N) is 3. The van der Waals surface area contributed by atoms with Crippen molar-refractivity contribution in [3.05, 3.63) is 65.0 Å². The Hall–Kier alpha value is -4.02. The number of ether oxygens (including phenoxy) is 2. The van der Waals surface area contributed by atoms with Gasteiger partial charge in [0.25, 0.3) is 5.91 Å². The van der Waals surface area contributed by atoms with E-state index >= 15 is 0 Å². The molecule has 0 spiro atoms. The Morgan fingerprint density at radius 3 is 2.71 bits per heavy atom. The number of carbonyl (C=O) groups is 2. The second kappa shape index (κ2) is 8.38. The minimum atomic E-state index is -1.09. The molecule has 2 aromatic carbocycles. The SMILES string of the molecule is Cc1c(C(=O)Nc2ccc(F)c(F)c2)nnn1CC(=O)NCc1ccc2c(c1)OCO2. The molecular formula is C20H17F2N5O4. The van der Waals surface area contributed by atoms with Crippen LogP contribution in [0, 0.1) is 18.6 Å². The number of amides is 2. The number of anilines is 1. The van der Waals surface area contributed by atoms with Gasteiger partial charge in [0.15, 0.2) is 28.8 Å². The highest BCUT2D eigenvalue weighted by atomic mass is 19.2. The maximum absolute atomic E-state index is 13.3. The third kappa shape index (κ3) is 4.44. The van der Waals surface area contributed by atoms with E-state index in [1.54, 1.807) is 19.1 Å². The highest BCUT2D eigenvalue weighted by Crippen LogP contribution is 2.32. The van der Waals surface area contributed by atoms with Gasteiger partial charge in [-0.3, -0.25) is 9.59 Å². The molecule has 1 aliphatic heterocycles. The molecule has 2 N–H and O–H groups in total. The van der Waals surface area contributed by atoms with Crippen LogP contribution in [0.25, 0.3) is 0 Å². The predicted octanol–water partition coefficient (Wildman–Crippen LogP) is 2.16. The van der Waals surface area contributed by atoms with Gasteiger partial charge in [0.1, 0.15) is 6.54 Å². The van der Waals surface area contributed by atoms with E-state index in [4.69, 9.17) is 9.47 Å². The standard InChI is InChI=1S/C20H17F2N5O4/c1-11-19(20(29)24-13-3-4-14(21)15(22)7-13)25-26-27(11)9-18(28)23-8-12-2-5-16-17(6-12)31-10-30-16/h2-7H,8-10H2,1H3,(H,23,28)(H,24,29). The van der Waals surface area contributed by atoms with Gasteiger partial charge in [0.05, 0.1) is 5.69 Å². The molecule has 1 aromatic heterocycles. The molecule has 9 nitrogen and oxygen atoms in total. The summed E-state index contributed by atoms with van der Waals surface area (Å²) in [5, 5.41) is 12.8. The molecule has 2 amide bonds. The first-order valence-corrected chi connectivity index (χ1v) is 9.22. The first-order valence-electron chi connectivity index (χ1n) is 9.22. The van der Waals surface area contributed by atoms with Gasteiger partial charge in [0, 0.05) is 18.3 Å². The summed E-state index contributed by atoms with van der Waals surface area (Å²) in [6.07, 6.45) is 0. The average molecular weight is 429 g/mol. The monoisotopic (exact) mass is 429 g/mol. The van der Waals surface area contributed by atoms with Crippen molar-refractivity contribution in [2.75, 3.05) is 12.1 Å². The van der Waals surface area contributed by atoms with Crippen LogP contribution in [-0.2, 0) is 17.9 Å². The summed E-state index contributed by atoms with van der Waals surface area (Å²) in [5.74, 6) is -1.82. The zero-order valence-corrected chi connectivity index (χ0v) is 16.3. The van der Waals surface area contributed by atoms with Crippen LogP contribution >= 0.6 is 0 Å². The first-order chi connectivity index (χ1) is 14.9. The Morgan fingerprint density at radius 1 is 1.10 bits per heavy atom. The molecule has 0 saturated carbocycles. The van der Waals surface area contributed by atoms with Gasteiger partial charge in [-0.15, -0.1) is 5.10 Å². The Morgan fingerprint density at radius 2 is 1.90 bits per heavy atom. The fraction of sp³-hybridized carbons (Fsp3) is 0.200. The lowest BCUT2D eigenvalue weighted by Gasteiger charge is -2.08. The number of hydrogen-bond acceptors (Lipinski definition) is 6. The number of nitrogens with one attached hydrogen (secondary N) is 2. The van der Waals surface area contributed by atoms with E-state index in [1.165, 1.54) is 10.7 Å². The van der Waals surface area contributed by atoms with Crippen LogP contribution in [0.1, 0.15) is 21.7 Å². The van der Waals surface area contributed by atoms with Crippen LogP contribution in [0.15, 0.2) is 36.4 Å². The molecule has 0 saturated heterocycles. The molecule has 0 atom stereocenters. The summed E-state index contributed by atoms with van der Waals surface area (Å²) in [4.78, 5) is 24.6. The van der Waals surface area contributed by atoms with Crippen LogP contribution in [0.2, 0.25) is 0 Å². The maximum atomic E-state index is 13.3. The number of rotatable bonds is 6. The largest absolute Gasteiger partial charge is 0.454 e. The molecule has 2 heterocycles. The van der Waals surface area contributed by atoms with Crippen molar-refractivity contribution < 1.29 is 27.8 Å². The predicted molar refractivity (Wildman–Crippen MR) is 103 cm³/mol. The zero-order chi connectivity index (χ0) is 22.0. The lowest BCUT2D eigenvalue weighted by atomic mass is 10.2. The highest BCUT2D eigenvalue weighted by Gasteiger charge is 2.19. The highest BCUT2D eigenvalue weighted by molar-refractivity contribution is 6.03. The lowest BCUT2D eigenvalue weighted by molar-refractivity contribution is -0.122. The molecule has 0 radical (unpaired) electrons. The first kappa shape index (κ1) is 20.3. The van der Waals surface area contributed by atoms with Crippen LogP contribution in [0.4, 0.5) is 14.5 Å². The second-order valence-corrected chi connectivity index (χ2v) is 6.73. The number of benzene rings is 2. The second-order valence-electron chi connectivity index (χ2n) is 6.73. The number of hydrogen-bond donors (Lipinski definition) is 2. The molecule has 160 valence electrons. The molecule has 0 bridgehead atoms. The fourth-order valence-electron chi connectivity index (χ4n) is 2.93. The third-order valence-corrected chi connectivity index (χ3v) is 4.60. The Balaban J connectivity index is 1.35. The number of carbonyl (C=O) groups excluding carboxylic acids is 2. The molecule has 0 unspecified atom stereocenters. The minimum absolute atomic E-state index is 0.0340. The van der Waals surface area contributed by atoms with Crippen molar-refractivity contribution in [3.63, 3.8) is 0 Å². The molecule has 11 heteroatoms. The van der Waals surface area contributed by atoms with Crippen molar-refractivity contribution in [1.29, 1.82) is 0 Å². The van der Waals surface area contributed by atoms with Gasteiger partial charge in [-0.05, 0) is 36.8 Å². The van der Waals surface area contributed by atoms with E-state index in [9.17, 15) is 18.4 Å². The average Bonchev–Trinajstić information content (AvgIpc) is 3.35. The maximum Gasteiger partial charge on any atom is 0.278 e. The smallest absolute Gasteiger partial charge is 0.278 e. The van der Waals surface area contributed by atoms with Gasteiger partial charge < -0.3 is 20.1 Å². The van der Waals surface area contributed by atoms with Crippen molar-refractivity contribution in [2.45, 2.75) is 20.0 Å². The molecule has 0 fully saturated rings. The Kier molecular flexibility index (Phi) is 5.48. The summed E-state index contributed by atoms with van der Waals surface area (Å²) < 4.78 is 38.1. The third-order valence-electron chi connectivity index (χ3n) is 4.60. The van der Waals surface area contributed by atoms with Crippen LogP contribution < -0.4 is 20.1 Å². The lowest BCUT2D eigenvalue weighted by Crippen LogP contribution is -2.28. The van der Waals surface area contributed by atoms with Gasteiger partial charge in [-0.1, -0.05) is 11.3 Å². The van der Waals surface area contributed by atoms with Crippen molar-refractivity contribution in [3.8, 4) is 11.5 Å². The van der Waals surface area contributed by atoms with E-state index in [0.717, 1.165) is 17.7 Å². The zero-order valence-electron chi connectivity index (χ0n) is 16.3. The van der Waals surface area contributed by atoms with Gasteiger partial charge in [-0.2, -0.15) is 0 Å². The fourth-order valence-corrected chi connectivity index (χ4v) is 2.93.